The monoisotopic (exact) mass is 275 g/mol. The first kappa shape index (κ1) is 15.6. The Bertz CT molecular complexity index is 452. The number of benzene rings is 1. The van der Waals surface area contributed by atoms with Gasteiger partial charge < -0.3 is 14.2 Å². The molecular weight excluding hydrogens is 249 g/mol. The van der Waals surface area contributed by atoms with Crippen LogP contribution < -0.4 is 5.46 Å². The fourth-order valence-corrected chi connectivity index (χ4v) is 2.21. The van der Waals surface area contributed by atoms with Gasteiger partial charge in [-0.2, -0.15) is 0 Å². The summed E-state index contributed by atoms with van der Waals surface area (Å²) >= 11 is 0. The Morgan fingerprint density at radius 3 is 1.80 bits per heavy atom. The van der Waals surface area contributed by atoms with E-state index in [1.807, 2.05) is 0 Å². The largest absolute Gasteiger partial charge is 0.494 e. The van der Waals surface area contributed by atoms with Crippen molar-refractivity contribution in [1.82, 2.24) is 4.90 Å². The molecule has 1 unspecified atom stereocenters. The van der Waals surface area contributed by atoms with E-state index in [2.05, 4.69) is 77.9 Å². The molecule has 1 heterocycles. The van der Waals surface area contributed by atoms with Crippen LogP contribution in [-0.2, 0) is 9.31 Å². The molecule has 0 amide bonds. The molecule has 0 aromatic heterocycles. The summed E-state index contributed by atoms with van der Waals surface area (Å²) in [6.07, 6.45) is 0. The molecule has 0 saturated carbocycles. The van der Waals surface area contributed by atoms with Crippen molar-refractivity contribution in [3.63, 3.8) is 0 Å². The lowest BCUT2D eigenvalue weighted by atomic mass is 9.78. The van der Waals surface area contributed by atoms with Crippen molar-refractivity contribution in [3.05, 3.63) is 29.8 Å². The van der Waals surface area contributed by atoms with E-state index >= 15 is 0 Å². The van der Waals surface area contributed by atoms with Crippen molar-refractivity contribution < 1.29 is 9.31 Å². The Hall–Kier alpha value is -0.835. The van der Waals surface area contributed by atoms with Gasteiger partial charge in [0.15, 0.2) is 0 Å². The van der Waals surface area contributed by atoms with Crippen molar-refractivity contribution in [3.8, 4) is 0 Å². The summed E-state index contributed by atoms with van der Waals surface area (Å²) in [7, 11) is 3.91. The summed E-state index contributed by atoms with van der Waals surface area (Å²) in [6.45, 7) is 10.5. The van der Waals surface area contributed by atoms with E-state index in [0.717, 1.165) is 5.46 Å². The van der Waals surface area contributed by atoms with Gasteiger partial charge in [0.05, 0.1) is 11.2 Å². The van der Waals surface area contributed by atoms with Gasteiger partial charge in [-0.05, 0) is 59.7 Å². The Morgan fingerprint density at radius 1 is 0.950 bits per heavy atom. The molecule has 1 saturated heterocycles. The van der Waals surface area contributed by atoms with Gasteiger partial charge in [-0.15, -0.1) is 0 Å². The second-order valence-corrected chi connectivity index (χ2v) is 6.89. The normalized spacial score (nSPS) is 22.3. The fraction of sp³-hybridized carbons (Fsp3) is 0.625. The highest BCUT2D eigenvalue weighted by Gasteiger charge is 2.51. The molecule has 3 nitrogen and oxygen atoms in total. The van der Waals surface area contributed by atoms with Crippen LogP contribution >= 0.6 is 0 Å². The minimum absolute atomic E-state index is 0.274. The van der Waals surface area contributed by atoms with Gasteiger partial charge in [0.2, 0.25) is 0 Å². The number of rotatable bonds is 3. The van der Waals surface area contributed by atoms with Crippen molar-refractivity contribution >= 4 is 12.6 Å². The third-order valence-corrected chi connectivity index (χ3v) is 4.72. The first-order chi connectivity index (χ1) is 9.14. The van der Waals surface area contributed by atoms with Gasteiger partial charge >= 0.3 is 7.12 Å². The van der Waals surface area contributed by atoms with Gasteiger partial charge in [-0.3, -0.25) is 0 Å². The topological polar surface area (TPSA) is 21.7 Å². The summed E-state index contributed by atoms with van der Waals surface area (Å²) in [5, 5.41) is 0. The molecule has 1 fully saturated rings. The average molecular weight is 275 g/mol. The summed E-state index contributed by atoms with van der Waals surface area (Å²) in [5.74, 6) is 0. The molecule has 4 heteroatoms. The quantitative estimate of drug-likeness (QED) is 0.791. The molecule has 110 valence electrons. The van der Waals surface area contributed by atoms with Crippen LogP contribution in [-0.4, -0.2) is 37.3 Å². The second-order valence-electron chi connectivity index (χ2n) is 6.89. The maximum Gasteiger partial charge on any atom is 0.494 e. The standard InChI is InChI=1S/C16H26BNO2/c1-12(18(6)7)13-8-10-14(11-9-13)17-19-15(2,3)16(4,5)20-17/h8-12H,1-7H3. The van der Waals surface area contributed by atoms with Crippen LogP contribution in [0.3, 0.4) is 0 Å². The summed E-state index contributed by atoms with van der Waals surface area (Å²) in [6, 6.07) is 8.94. The van der Waals surface area contributed by atoms with Gasteiger partial charge in [-0.1, -0.05) is 24.3 Å². The van der Waals surface area contributed by atoms with Gasteiger partial charge in [0, 0.05) is 6.04 Å². The maximum absolute atomic E-state index is 6.07. The molecule has 0 N–H and O–H groups in total. The first-order valence-corrected chi connectivity index (χ1v) is 7.26. The van der Waals surface area contributed by atoms with Crippen LogP contribution in [0.2, 0.25) is 0 Å². The molecule has 1 aromatic rings. The van der Waals surface area contributed by atoms with Crippen LogP contribution in [0.5, 0.6) is 0 Å². The molecule has 1 aromatic carbocycles. The lowest BCUT2D eigenvalue weighted by Gasteiger charge is -2.32. The highest BCUT2D eigenvalue weighted by atomic mass is 16.7. The Balaban J connectivity index is 2.16. The molecule has 0 radical (unpaired) electrons. The molecule has 2 rings (SSSR count). The maximum atomic E-state index is 6.07. The van der Waals surface area contributed by atoms with Crippen molar-refractivity contribution in [2.75, 3.05) is 14.1 Å². The van der Waals surface area contributed by atoms with Gasteiger partial charge in [0.1, 0.15) is 0 Å². The zero-order chi connectivity index (χ0) is 15.1. The Kier molecular flexibility index (Phi) is 4.02. The SMILES string of the molecule is CC(c1ccc(B2OC(C)(C)C(C)(C)O2)cc1)N(C)C. The molecule has 0 aliphatic carbocycles. The third-order valence-electron chi connectivity index (χ3n) is 4.72. The second kappa shape index (κ2) is 5.17. The highest BCUT2D eigenvalue weighted by Crippen LogP contribution is 2.36. The van der Waals surface area contributed by atoms with Crippen LogP contribution in [0.1, 0.15) is 46.2 Å². The molecule has 1 atom stereocenters. The fourth-order valence-electron chi connectivity index (χ4n) is 2.21. The van der Waals surface area contributed by atoms with E-state index in [1.165, 1.54) is 5.56 Å². The molecule has 1 aliphatic heterocycles. The number of nitrogens with zero attached hydrogens (tertiary/aromatic N) is 1. The predicted octanol–water partition coefficient (Wildman–Crippen LogP) is 2.61. The van der Waals surface area contributed by atoms with Crippen molar-refractivity contribution in [2.24, 2.45) is 0 Å². The van der Waals surface area contributed by atoms with Crippen molar-refractivity contribution in [2.45, 2.75) is 51.9 Å². The van der Waals surface area contributed by atoms with Crippen LogP contribution in [0.25, 0.3) is 0 Å². The lowest BCUT2D eigenvalue weighted by Crippen LogP contribution is -2.41. The van der Waals surface area contributed by atoms with E-state index in [0.29, 0.717) is 6.04 Å². The van der Waals surface area contributed by atoms with Crippen molar-refractivity contribution in [1.29, 1.82) is 0 Å². The first-order valence-electron chi connectivity index (χ1n) is 7.26. The predicted molar refractivity (Wildman–Crippen MR) is 84.3 cm³/mol. The Labute approximate surface area is 123 Å². The third kappa shape index (κ3) is 2.78. The Morgan fingerprint density at radius 2 is 1.40 bits per heavy atom. The van der Waals surface area contributed by atoms with E-state index in [9.17, 15) is 0 Å². The molecule has 0 bridgehead atoms. The van der Waals surface area contributed by atoms with Crippen LogP contribution in [0.4, 0.5) is 0 Å². The molecule has 1 aliphatic rings. The average Bonchev–Trinajstić information content (AvgIpc) is 2.57. The summed E-state index contributed by atoms with van der Waals surface area (Å²) in [4.78, 5) is 2.20. The zero-order valence-corrected chi connectivity index (χ0v) is 13.7. The lowest BCUT2D eigenvalue weighted by molar-refractivity contribution is 0.00578. The number of hydrogen-bond donors (Lipinski definition) is 0. The highest BCUT2D eigenvalue weighted by molar-refractivity contribution is 6.62. The molecule has 0 spiro atoms. The minimum Gasteiger partial charge on any atom is -0.399 e. The van der Waals surface area contributed by atoms with E-state index < -0.39 is 0 Å². The zero-order valence-electron chi connectivity index (χ0n) is 13.7. The minimum atomic E-state index is -0.284. The van der Waals surface area contributed by atoms with E-state index in [-0.39, 0.29) is 18.3 Å². The van der Waals surface area contributed by atoms with E-state index in [4.69, 9.17) is 9.31 Å². The smallest absolute Gasteiger partial charge is 0.399 e. The molecule has 20 heavy (non-hydrogen) atoms. The van der Waals surface area contributed by atoms with Gasteiger partial charge in [-0.25, -0.2) is 0 Å². The number of hydrogen-bond acceptors (Lipinski definition) is 3. The molecular formula is C16H26BNO2. The van der Waals surface area contributed by atoms with Crippen LogP contribution in [0.15, 0.2) is 24.3 Å². The van der Waals surface area contributed by atoms with Gasteiger partial charge in [0.25, 0.3) is 0 Å². The van der Waals surface area contributed by atoms with Crippen LogP contribution in [0, 0.1) is 0 Å². The van der Waals surface area contributed by atoms with E-state index in [1.54, 1.807) is 0 Å². The summed E-state index contributed by atoms with van der Waals surface area (Å²) < 4.78 is 12.1. The summed E-state index contributed by atoms with van der Waals surface area (Å²) in [5.41, 5.74) is 1.81.